The van der Waals surface area contributed by atoms with Gasteiger partial charge < -0.3 is 0 Å². The van der Waals surface area contributed by atoms with Gasteiger partial charge in [-0.2, -0.15) is 0 Å². The highest BCUT2D eigenvalue weighted by Gasteiger charge is 2.42. The third kappa shape index (κ3) is 1.51. The van der Waals surface area contributed by atoms with Crippen LogP contribution in [0, 0.1) is 24.2 Å². The SMILES string of the molecule is C#CC(C)(C)NC1CC2CC=CC21. The van der Waals surface area contributed by atoms with Crippen molar-refractivity contribution in [2.75, 3.05) is 0 Å². The summed E-state index contributed by atoms with van der Waals surface area (Å²) in [5.41, 5.74) is -0.147. The van der Waals surface area contributed by atoms with Crippen molar-refractivity contribution < 1.29 is 0 Å². The molecule has 0 aromatic heterocycles. The van der Waals surface area contributed by atoms with Crippen molar-refractivity contribution in [3.63, 3.8) is 0 Å². The first-order valence-electron chi connectivity index (χ1n) is 5.04. The molecule has 0 radical (unpaired) electrons. The Balaban J connectivity index is 1.92. The van der Waals surface area contributed by atoms with E-state index >= 15 is 0 Å². The van der Waals surface area contributed by atoms with E-state index in [2.05, 4.69) is 37.2 Å². The van der Waals surface area contributed by atoms with E-state index in [0.29, 0.717) is 6.04 Å². The fourth-order valence-corrected chi connectivity index (χ4v) is 2.39. The van der Waals surface area contributed by atoms with Crippen molar-refractivity contribution in [2.45, 2.75) is 38.3 Å². The van der Waals surface area contributed by atoms with Crippen LogP contribution in [0.2, 0.25) is 0 Å². The number of rotatable bonds is 2. The van der Waals surface area contributed by atoms with E-state index < -0.39 is 0 Å². The molecular formula is C12H17N. The van der Waals surface area contributed by atoms with Crippen molar-refractivity contribution in [2.24, 2.45) is 11.8 Å². The second-order valence-corrected chi connectivity index (χ2v) is 4.76. The summed E-state index contributed by atoms with van der Waals surface area (Å²) in [5.74, 6) is 4.45. The standard InChI is InChI=1S/C12H17N/c1-4-12(2,3)13-11-8-9-6-5-7-10(9)11/h1,5,7,9-11,13H,6,8H2,2-3H3. The zero-order valence-corrected chi connectivity index (χ0v) is 8.38. The minimum Gasteiger partial charge on any atom is -0.298 e. The van der Waals surface area contributed by atoms with Crippen LogP contribution in [0.5, 0.6) is 0 Å². The minimum atomic E-state index is -0.147. The van der Waals surface area contributed by atoms with Crippen LogP contribution in [-0.4, -0.2) is 11.6 Å². The van der Waals surface area contributed by atoms with E-state index in [0.717, 1.165) is 11.8 Å². The van der Waals surface area contributed by atoms with Gasteiger partial charge in [-0.1, -0.05) is 18.1 Å². The van der Waals surface area contributed by atoms with Crippen molar-refractivity contribution in [1.82, 2.24) is 5.32 Å². The van der Waals surface area contributed by atoms with Crippen molar-refractivity contribution in [3.05, 3.63) is 12.2 Å². The maximum absolute atomic E-state index is 5.44. The Bertz CT molecular complexity index is 269. The van der Waals surface area contributed by atoms with E-state index in [1.165, 1.54) is 12.8 Å². The minimum absolute atomic E-state index is 0.147. The number of hydrogen-bond acceptors (Lipinski definition) is 1. The van der Waals surface area contributed by atoms with Gasteiger partial charge in [0.2, 0.25) is 0 Å². The molecule has 13 heavy (non-hydrogen) atoms. The second kappa shape index (κ2) is 2.89. The summed E-state index contributed by atoms with van der Waals surface area (Å²) in [4.78, 5) is 0. The predicted octanol–water partition coefficient (Wildman–Crippen LogP) is 1.95. The molecule has 2 aliphatic carbocycles. The Kier molecular flexibility index (Phi) is 1.96. The van der Waals surface area contributed by atoms with Gasteiger partial charge in [0.15, 0.2) is 0 Å². The van der Waals surface area contributed by atoms with Crippen LogP contribution < -0.4 is 5.32 Å². The summed E-state index contributed by atoms with van der Waals surface area (Å²) in [6.45, 7) is 4.14. The van der Waals surface area contributed by atoms with Crippen LogP contribution >= 0.6 is 0 Å². The van der Waals surface area contributed by atoms with Crippen LogP contribution in [0.1, 0.15) is 26.7 Å². The van der Waals surface area contributed by atoms with Gasteiger partial charge in [-0.25, -0.2) is 0 Å². The fraction of sp³-hybridized carbons (Fsp3) is 0.667. The lowest BCUT2D eigenvalue weighted by Crippen LogP contribution is -2.55. The van der Waals surface area contributed by atoms with E-state index in [4.69, 9.17) is 6.42 Å². The molecule has 1 fully saturated rings. The van der Waals surface area contributed by atoms with Gasteiger partial charge >= 0.3 is 0 Å². The molecule has 2 aliphatic rings. The molecule has 3 atom stereocenters. The molecule has 3 unspecified atom stereocenters. The highest BCUT2D eigenvalue weighted by Crippen LogP contribution is 2.43. The maximum Gasteiger partial charge on any atom is 0.0743 e. The molecule has 0 spiro atoms. The van der Waals surface area contributed by atoms with Crippen LogP contribution in [0.3, 0.4) is 0 Å². The van der Waals surface area contributed by atoms with E-state index in [1.807, 2.05) is 0 Å². The van der Waals surface area contributed by atoms with Gasteiger partial charge in [0.05, 0.1) is 5.54 Å². The number of allylic oxidation sites excluding steroid dienone is 1. The molecule has 70 valence electrons. The lowest BCUT2D eigenvalue weighted by Gasteiger charge is -2.43. The highest BCUT2D eigenvalue weighted by molar-refractivity contribution is 5.17. The zero-order chi connectivity index (χ0) is 9.47. The number of fused-ring (bicyclic) bond motifs is 1. The average Bonchev–Trinajstić information content (AvgIpc) is 2.43. The van der Waals surface area contributed by atoms with E-state index in [-0.39, 0.29) is 5.54 Å². The summed E-state index contributed by atoms with van der Waals surface area (Å²) >= 11 is 0. The molecule has 0 aliphatic heterocycles. The molecule has 0 saturated heterocycles. The van der Waals surface area contributed by atoms with Gasteiger partial charge in [0.1, 0.15) is 0 Å². The summed E-state index contributed by atoms with van der Waals surface area (Å²) in [5, 5.41) is 3.53. The van der Waals surface area contributed by atoms with Gasteiger partial charge in [-0.3, -0.25) is 5.32 Å². The summed E-state index contributed by atoms with van der Waals surface area (Å²) < 4.78 is 0. The maximum atomic E-state index is 5.44. The Morgan fingerprint density at radius 2 is 2.31 bits per heavy atom. The molecule has 0 aromatic rings. The van der Waals surface area contributed by atoms with Crippen LogP contribution in [0.25, 0.3) is 0 Å². The summed E-state index contributed by atoms with van der Waals surface area (Å²) in [6.07, 6.45) is 12.7. The molecule has 1 heteroatoms. The normalized spacial score (nSPS) is 36.5. The van der Waals surface area contributed by atoms with Crippen LogP contribution in [0.15, 0.2) is 12.2 Å². The van der Waals surface area contributed by atoms with Gasteiger partial charge in [-0.05, 0) is 38.5 Å². The first-order chi connectivity index (χ1) is 6.12. The van der Waals surface area contributed by atoms with Gasteiger partial charge in [0.25, 0.3) is 0 Å². The first kappa shape index (κ1) is 8.84. The molecule has 0 aromatic carbocycles. The van der Waals surface area contributed by atoms with E-state index in [9.17, 15) is 0 Å². The molecular weight excluding hydrogens is 158 g/mol. The predicted molar refractivity (Wildman–Crippen MR) is 55.2 cm³/mol. The van der Waals surface area contributed by atoms with Gasteiger partial charge in [0, 0.05) is 6.04 Å². The van der Waals surface area contributed by atoms with Crippen LogP contribution in [0.4, 0.5) is 0 Å². The Labute approximate surface area is 80.6 Å². The molecule has 1 N–H and O–H groups in total. The monoisotopic (exact) mass is 175 g/mol. The molecule has 0 heterocycles. The average molecular weight is 175 g/mol. The quantitative estimate of drug-likeness (QED) is 0.499. The van der Waals surface area contributed by atoms with Gasteiger partial charge in [-0.15, -0.1) is 6.42 Å². The van der Waals surface area contributed by atoms with Crippen molar-refractivity contribution >= 4 is 0 Å². The topological polar surface area (TPSA) is 12.0 Å². The first-order valence-corrected chi connectivity index (χ1v) is 5.04. The lowest BCUT2D eigenvalue weighted by atomic mass is 9.70. The molecule has 0 bridgehead atoms. The Morgan fingerprint density at radius 1 is 1.54 bits per heavy atom. The Morgan fingerprint density at radius 3 is 2.92 bits per heavy atom. The van der Waals surface area contributed by atoms with Crippen molar-refractivity contribution in [3.8, 4) is 12.3 Å². The van der Waals surface area contributed by atoms with Crippen LogP contribution in [-0.2, 0) is 0 Å². The lowest BCUT2D eigenvalue weighted by molar-refractivity contribution is 0.143. The smallest absolute Gasteiger partial charge is 0.0743 e. The molecule has 1 saturated carbocycles. The third-order valence-electron chi connectivity index (χ3n) is 3.27. The molecule has 0 amide bonds. The third-order valence-corrected chi connectivity index (χ3v) is 3.27. The summed E-state index contributed by atoms with van der Waals surface area (Å²) in [6, 6.07) is 0.620. The highest BCUT2D eigenvalue weighted by atomic mass is 15.0. The Hall–Kier alpha value is -0.740. The summed E-state index contributed by atoms with van der Waals surface area (Å²) in [7, 11) is 0. The number of nitrogens with one attached hydrogen (secondary N) is 1. The number of hydrogen-bond donors (Lipinski definition) is 1. The second-order valence-electron chi connectivity index (χ2n) is 4.76. The molecule has 1 nitrogen and oxygen atoms in total. The zero-order valence-electron chi connectivity index (χ0n) is 8.38. The fourth-order valence-electron chi connectivity index (χ4n) is 2.39. The van der Waals surface area contributed by atoms with E-state index in [1.54, 1.807) is 0 Å². The van der Waals surface area contributed by atoms with Crippen molar-refractivity contribution in [1.29, 1.82) is 0 Å². The number of terminal acetylenes is 1. The molecule has 2 rings (SSSR count). The largest absolute Gasteiger partial charge is 0.298 e.